The Morgan fingerprint density at radius 2 is 0.659 bits per heavy atom. The third-order valence-corrected chi connectivity index (χ3v) is 14.7. The maximum Gasteiger partial charge on any atom is 0.269 e. The number of ketones is 2. The van der Waals surface area contributed by atoms with E-state index in [1.165, 1.54) is 77.4 Å². The highest BCUT2D eigenvalue weighted by molar-refractivity contribution is 6.19. The molecule has 7 rings (SSSR count). The third kappa shape index (κ3) is 20.1. The molecule has 0 saturated heterocycles. The van der Waals surface area contributed by atoms with E-state index in [0.29, 0.717) is 66.2 Å². The number of carbonyl (C=O) groups excluding carboxylic acids is 2. The molecule has 1 aliphatic carbocycles. The summed E-state index contributed by atoms with van der Waals surface area (Å²) in [6.07, 6.45) is 2.75. The molecule has 0 spiro atoms. The van der Waals surface area contributed by atoms with Gasteiger partial charge in [-0.25, -0.2) is 38.2 Å². The third-order valence-electron chi connectivity index (χ3n) is 14.7. The molecule has 88 heavy (non-hydrogen) atoms. The molecule has 0 aromatic heterocycles. The van der Waals surface area contributed by atoms with E-state index in [2.05, 4.69) is 112 Å². The van der Waals surface area contributed by atoms with E-state index in [4.69, 9.17) is 51.3 Å². The molecule has 0 bridgehead atoms. The van der Waals surface area contributed by atoms with Gasteiger partial charge in [0.25, 0.3) is 11.4 Å². The van der Waals surface area contributed by atoms with E-state index in [0.717, 1.165) is 22.3 Å². The maximum atomic E-state index is 13.0. The molecule has 1 aliphatic rings. The van der Waals surface area contributed by atoms with Gasteiger partial charge in [-0.2, -0.15) is 21.0 Å². The van der Waals surface area contributed by atoms with Gasteiger partial charge < -0.3 is 0 Å². The quantitative estimate of drug-likeness (QED) is 0.0815. The van der Waals surface area contributed by atoms with Crippen LogP contribution in [-0.4, -0.2) is 11.6 Å². The highest BCUT2D eigenvalue weighted by atomic mass is 19.2. The van der Waals surface area contributed by atoms with E-state index in [9.17, 15) is 22.8 Å². The lowest BCUT2D eigenvalue weighted by atomic mass is 9.93. The van der Waals surface area contributed by atoms with Crippen molar-refractivity contribution < 1.29 is 22.8 Å². The summed E-state index contributed by atoms with van der Waals surface area (Å²) in [5, 5.41) is 54.1. The van der Waals surface area contributed by atoms with Crippen molar-refractivity contribution in [2.24, 2.45) is 0 Å². The summed E-state index contributed by atoms with van der Waals surface area (Å²) in [6.45, 7) is 57.9. The number of hydrogen-bond donors (Lipinski definition) is 0. The van der Waals surface area contributed by atoms with E-state index < -0.39 is 17.5 Å². The smallest absolute Gasteiger partial charge is 0.269 e. The molecule has 6 aromatic carbocycles. The van der Waals surface area contributed by atoms with Gasteiger partial charge in [0.1, 0.15) is 5.82 Å². The topological polar surface area (TPSA) is 190 Å². The first-order valence-corrected chi connectivity index (χ1v) is 26.9. The van der Waals surface area contributed by atoms with Crippen LogP contribution in [0, 0.1) is 230 Å². The van der Waals surface area contributed by atoms with Gasteiger partial charge in [-0.3, -0.25) is 9.59 Å². The fraction of sp³-hybridized carbons (Fsp3) is 0.284. The number of benzene rings is 6. The lowest BCUT2D eigenvalue weighted by molar-refractivity contribution is -0.115. The van der Waals surface area contributed by atoms with Crippen LogP contribution in [-0.2, 0) is 9.59 Å². The molecule has 14 heteroatoms. The number of nitrogens with zero attached hydrogens (tertiary/aromatic N) is 9. The molecule has 0 unspecified atom stereocenters. The zero-order valence-electron chi connectivity index (χ0n) is 53.2. The van der Waals surface area contributed by atoms with Gasteiger partial charge in [0, 0.05) is 22.3 Å². The van der Waals surface area contributed by atoms with Crippen molar-refractivity contribution in [2.75, 3.05) is 0 Å². The normalized spacial score (nSPS) is 11.0. The molecular weight excluding hydrogens is 1100 g/mol. The van der Waals surface area contributed by atoms with Gasteiger partial charge in [-0.1, -0.05) is 55.0 Å². The van der Waals surface area contributed by atoms with Crippen molar-refractivity contribution in [1.29, 1.82) is 31.6 Å². The van der Waals surface area contributed by atoms with Gasteiger partial charge in [0.05, 0.1) is 72.8 Å². The lowest BCUT2D eigenvalue weighted by Gasteiger charge is -2.10. The first-order valence-electron chi connectivity index (χ1n) is 26.9. The number of halogens is 3. The van der Waals surface area contributed by atoms with E-state index in [-0.39, 0.29) is 47.1 Å². The molecule has 0 heterocycles. The van der Waals surface area contributed by atoms with Crippen LogP contribution in [0.5, 0.6) is 0 Å². The van der Waals surface area contributed by atoms with Gasteiger partial charge in [-0.05, 0) is 257 Å². The first-order chi connectivity index (χ1) is 40.6. The zero-order chi connectivity index (χ0) is 67.1. The zero-order valence-corrected chi connectivity index (χ0v) is 53.2. The van der Waals surface area contributed by atoms with Crippen LogP contribution in [0.1, 0.15) is 144 Å². The average molecular weight is 1180 g/mol. The Balaban J connectivity index is 0.00000101. The highest BCUT2D eigenvalue weighted by Gasteiger charge is 2.18. The fourth-order valence-electron chi connectivity index (χ4n) is 8.27. The minimum absolute atomic E-state index is 0. The number of aryl methyl sites for hydroxylation is 12. The number of nitriles is 6. The second-order valence-corrected chi connectivity index (χ2v) is 20.9. The molecule has 448 valence electrons. The Kier molecular flexibility index (Phi) is 31.0. The van der Waals surface area contributed by atoms with Crippen LogP contribution in [0.2, 0.25) is 0 Å². The highest BCUT2D eigenvalue weighted by Crippen LogP contribution is 2.32. The molecule has 0 fully saturated rings. The second kappa shape index (κ2) is 35.4. The summed E-state index contributed by atoms with van der Waals surface area (Å²) in [7, 11) is 0. The SMILES string of the molecule is C.CC1=CC(=O)C(C)=CC1=O.Cc1c(C)c(F)c(F)c(C)c1F.Cc1cc(C#N)c(C)cc1C#N.Cc1cc(C)c(C)cc1C.Cc1cc(C)c(C)cc1C.[C-]#[N+]/C(C#N)=c1/cc(C)/c(=C(\C#N)[N+]#[C-])cc1C.[C-]#[N+]c1c(C)c(C#N)c(C)c(C)c1C#N. The molecule has 6 aromatic rings. The average Bonchev–Trinajstić information content (AvgIpc) is 1.76. The van der Waals surface area contributed by atoms with Crippen LogP contribution in [0.15, 0.2) is 71.8 Å². The molecule has 0 amide bonds. The second-order valence-electron chi connectivity index (χ2n) is 20.9. The van der Waals surface area contributed by atoms with Crippen LogP contribution in [0.4, 0.5) is 18.9 Å². The predicted molar refractivity (Wildman–Crippen MR) is 344 cm³/mol. The molecule has 0 radical (unpaired) electrons. The first kappa shape index (κ1) is 77.1. The maximum absolute atomic E-state index is 13.0. The van der Waals surface area contributed by atoms with Gasteiger partial charge in [0.15, 0.2) is 23.2 Å². The summed E-state index contributed by atoms with van der Waals surface area (Å²) >= 11 is 0. The standard InChI is InChI=1S/C14H8N4.C12H9N3.C10H8N2.2C10H14.C9H9F3.C8H8O2.CH4/c1-9-5-12(14(8-16)18-4)10(2)6-11(9)13(7-15)17-3;1-7-8(2)11(6-14)12(15-4)9(3)10(7)5-13;1-7-3-10(6-12)8(2)4-9(7)5-11;2*1-7-5-9(3)10(4)6-8(7)2;1-4-5(2)8(11)9(12)6(3)7(4)10;1-5-3-8(10)6(2)4-7(5)9;/h5-6H,1-2H3;1-3H3;3-4H,1-2H3;2*5-6H,1-4H3;1-3H3;3-4H,1-2H3;1H4/b13-11-,14-12+;;;;;;;. The van der Waals surface area contributed by atoms with Crippen molar-refractivity contribution >= 4 is 28.6 Å². The molecule has 0 saturated carbocycles. The van der Waals surface area contributed by atoms with Crippen molar-refractivity contribution in [1.82, 2.24) is 0 Å². The fourth-order valence-corrected chi connectivity index (χ4v) is 8.27. The minimum Gasteiger partial charge on any atom is -0.290 e. The minimum atomic E-state index is -1.09. The Hall–Kier alpha value is -10.9. The van der Waals surface area contributed by atoms with Crippen LogP contribution in [0.25, 0.3) is 25.9 Å². The summed E-state index contributed by atoms with van der Waals surface area (Å²) in [4.78, 5) is 31.4. The molecule has 0 atom stereocenters. The number of carbonyl (C=O) groups is 2. The number of hydrogen-bond acceptors (Lipinski definition) is 8. The van der Waals surface area contributed by atoms with Crippen molar-refractivity contribution in [3.8, 4) is 36.4 Å². The van der Waals surface area contributed by atoms with E-state index in [1.807, 2.05) is 32.1 Å². The Morgan fingerprint density at radius 3 is 0.932 bits per heavy atom. The van der Waals surface area contributed by atoms with Crippen LogP contribution >= 0.6 is 0 Å². The monoisotopic (exact) mass is 1180 g/mol. The Bertz CT molecular complexity index is 3910. The molecular formula is C74H74F3N9O2. The van der Waals surface area contributed by atoms with Crippen LogP contribution in [0.3, 0.4) is 0 Å². The molecule has 0 aliphatic heterocycles. The Labute approximate surface area is 519 Å². The largest absolute Gasteiger partial charge is 0.290 e. The van der Waals surface area contributed by atoms with Crippen LogP contribution < -0.4 is 10.4 Å². The Morgan fingerprint density at radius 1 is 0.364 bits per heavy atom. The summed E-state index contributed by atoms with van der Waals surface area (Å²) < 4.78 is 38.7. The summed E-state index contributed by atoms with van der Waals surface area (Å²) in [6, 6.07) is 27.7. The number of rotatable bonds is 0. The van der Waals surface area contributed by atoms with Gasteiger partial charge >= 0.3 is 0 Å². The summed E-state index contributed by atoms with van der Waals surface area (Å²) in [5.74, 6) is -2.82. The van der Waals surface area contributed by atoms with Crippen molar-refractivity contribution in [3.05, 3.63) is 256 Å². The van der Waals surface area contributed by atoms with E-state index in [1.54, 1.807) is 72.7 Å². The molecule has 0 N–H and O–H groups in total. The van der Waals surface area contributed by atoms with E-state index >= 15 is 0 Å². The van der Waals surface area contributed by atoms with Gasteiger partial charge in [0.2, 0.25) is 5.69 Å². The summed E-state index contributed by atoms with van der Waals surface area (Å²) in [5.41, 5.74) is 19.9. The van der Waals surface area contributed by atoms with Crippen molar-refractivity contribution in [2.45, 2.75) is 146 Å². The van der Waals surface area contributed by atoms with Gasteiger partial charge in [-0.15, -0.1) is 0 Å². The predicted octanol–water partition coefficient (Wildman–Crippen LogP) is 16.9. The molecule has 11 nitrogen and oxygen atoms in total. The lowest BCUT2D eigenvalue weighted by Crippen LogP contribution is -2.19. The van der Waals surface area contributed by atoms with Crippen molar-refractivity contribution in [3.63, 3.8) is 0 Å². The number of allylic oxidation sites excluding steroid dienone is 4.